The van der Waals surface area contributed by atoms with Crippen molar-refractivity contribution in [2.24, 2.45) is 0 Å². The Morgan fingerprint density at radius 3 is 2.75 bits per heavy atom. The highest BCUT2D eigenvalue weighted by Gasteiger charge is 2.02. The second-order valence-corrected chi connectivity index (χ2v) is 4.59. The van der Waals surface area contributed by atoms with Gasteiger partial charge >= 0.3 is 0 Å². The summed E-state index contributed by atoms with van der Waals surface area (Å²) in [7, 11) is 0. The molecule has 0 aliphatic carbocycles. The normalized spacial score (nSPS) is 10.3. The molecule has 16 heavy (non-hydrogen) atoms. The first-order valence-corrected chi connectivity index (χ1v) is 6.06. The number of thioether (sulfide) groups is 1. The average molecular weight is 252 g/mol. The van der Waals surface area contributed by atoms with E-state index in [0.29, 0.717) is 10.8 Å². The molecule has 1 aromatic heterocycles. The lowest BCUT2D eigenvalue weighted by Crippen LogP contribution is -1.92. The van der Waals surface area contributed by atoms with Gasteiger partial charge in [0.1, 0.15) is 5.82 Å². The summed E-state index contributed by atoms with van der Waals surface area (Å²) in [5, 5.41) is 0.686. The molecular weight excluding hydrogens is 242 g/mol. The van der Waals surface area contributed by atoms with Gasteiger partial charge in [0, 0.05) is 28.0 Å². The summed E-state index contributed by atoms with van der Waals surface area (Å²) in [6.45, 7) is 0. The van der Waals surface area contributed by atoms with Gasteiger partial charge in [-0.1, -0.05) is 11.6 Å². The molecule has 2 N–H and O–H groups in total. The van der Waals surface area contributed by atoms with Crippen molar-refractivity contribution < 1.29 is 0 Å². The van der Waals surface area contributed by atoms with E-state index in [1.54, 1.807) is 42.4 Å². The first-order valence-electron chi connectivity index (χ1n) is 4.69. The molecule has 0 spiro atoms. The van der Waals surface area contributed by atoms with Crippen molar-refractivity contribution in [3.05, 3.63) is 47.5 Å². The van der Waals surface area contributed by atoms with Gasteiger partial charge in [-0.3, -0.25) is 0 Å². The Kier molecular flexibility index (Phi) is 3.64. The van der Waals surface area contributed by atoms with Gasteiger partial charge in [-0.05, 0) is 24.3 Å². The number of aromatic nitrogens is 2. The number of rotatable bonds is 3. The van der Waals surface area contributed by atoms with Crippen molar-refractivity contribution in [2.45, 2.75) is 10.6 Å². The molecule has 2 aromatic rings. The van der Waals surface area contributed by atoms with Crippen molar-refractivity contribution in [1.29, 1.82) is 0 Å². The van der Waals surface area contributed by atoms with Crippen LogP contribution >= 0.6 is 23.4 Å². The second kappa shape index (κ2) is 5.18. The molecule has 82 valence electrons. The maximum Gasteiger partial charge on any atom is 0.138 e. The zero-order valence-electron chi connectivity index (χ0n) is 8.43. The van der Waals surface area contributed by atoms with Crippen LogP contribution in [-0.2, 0) is 5.75 Å². The van der Waals surface area contributed by atoms with Crippen LogP contribution in [0.5, 0.6) is 0 Å². The number of halogens is 1. The van der Waals surface area contributed by atoms with Gasteiger partial charge in [-0.15, -0.1) is 11.8 Å². The molecular formula is C11H10ClN3S. The lowest BCUT2D eigenvalue weighted by atomic mass is 10.3. The summed E-state index contributed by atoms with van der Waals surface area (Å²) in [5.74, 6) is 1.47. The van der Waals surface area contributed by atoms with Crippen molar-refractivity contribution in [3.63, 3.8) is 0 Å². The Hall–Kier alpha value is -1.26. The Labute approximate surface area is 103 Å². The van der Waals surface area contributed by atoms with Gasteiger partial charge in [0.2, 0.25) is 0 Å². The number of hydrogen-bond acceptors (Lipinski definition) is 4. The van der Waals surface area contributed by atoms with E-state index in [1.165, 1.54) is 0 Å². The zero-order chi connectivity index (χ0) is 11.4. The van der Waals surface area contributed by atoms with Crippen LogP contribution < -0.4 is 5.73 Å². The average Bonchev–Trinajstić information content (AvgIpc) is 2.32. The Morgan fingerprint density at radius 1 is 1.25 bits per heavy atom. The fraction of sp³-hybridized carbons (Fsp3) is 0.0909. The number of nitrogens with zero attached hydrogens (tertiary/aromatic N) is 2. The summed E-state index contributed by atoms with van der Waals surface area (Å²) in [6, 6.07) is 7.23. The summed E-state index contributed by atoms with van der Waals surface area (Å²) in [5.41, 5.74) is 6.56. The molecule has 5 heteroatoms. The molecule has 2 rings (SSSR count). The van der Waals surface area contributed by atoms with Crippen LogP contribution in [0.25, 0.3) is 0 Å². The maximum atomic E-state index is 5.90. The van der Waals surface area contributed by atoms with E-state index in [2.05, 4.69) is 9.97 Å². The molecule has 0 atom stereocenters. The predicted octanol–water partition coefficient (Wildman–Crippen LogP) is 3.00. The van der Waals surface area contributed by atoms with Crippen molar-refractivity contribution >= 4 is 29.1 Å². The zero-order valence-corrected chi connectivity index (χ0v) is 10.0. The van der Waals surface area contributed by atoms with Crippen molar-refractivity contribution in [3.8, 4) is 0 Å². The molecule has 0 bridgehead atoms. The number of anilines is 1. The lowest BCUT2D eigenvalue weighted by Gasteiger charge is -2.04. The van der Waals surface area contributed by atoms with Crippen LogP contribution in [0.1, 0.15) is 5.82 Å². The van der Waals surface area contributed by atoms with E-state index < -0.39 is 0 Å². The summed E-state index contributed by atoms with van der Waals surface area (Å²) in [4.78, 5) is 9.24. The van der Waals surface area contributed by atoms with Gasteiger partial charge in [0.25, 0.3) is 0 Å². The molecule has 0 aliphatic rings. The molecule has 0 aliphatic heterocycles. The number of nitrogen functional groups attached to an aromatic ring is 1. The number of benzene rings is 1. The van der Waals surface area contributed by atoms with Gasteiger partial charge < -0.3 is 5.73 Å². The van der Waals surface area contributed by atoms with Crippen LogP contribution in [0.2, 0.25) is 5.02 Å². The first-order chi connectivity index (χ1) is 7.75. The molecule has 1 aromatic carbocycles. The molecule has 0 amide bonds. The third-order valence-corrected chi connectivity index (χ3v) is 3.25. The van der Waals surface area contributed by atoms with Crippen LogP contribution in [0.15, 0.2) is 41.6 Å². The molecule has 0 radical (unpaired) electrons. The first kappa shape index (κ1) is 11.2. The van der Waals surface area contributed by atoms with Crippen LogP contribution in [0, 0.1) is 0 Å². The van der Waals surface area contributed by atoms with Gasteiger partial charge in [-0.2, -0.15) is 0 Å². The topological polar surface area (TPSA) is 51.8 Å². The van der Waals surface area contributed by atoms with Gasteiger partial charge in [-0.25, -0.2) is 9.97 Å². The SMILES string of the molecule is Nc1ccc(Cl)cc1SCc1ncccn1. The standard InChI is InChI=1S/C11H10ClN3S/c12-8-2-3-9(13)10(6-8)16-7-11-14-4-1-5-15-11/h1-6H,7,13H2. The molecule has 0 saturated carbocycles. The fourth-order valence-electron chi connectivity index (χ4n) is 1.18. The van der Waals surface area contributed by atoms with E-state index in [4.69, 9.17) is 17.3 Å². The highest BCUT2D eigenvalue weighted by Crippen LogP contribution is 2.29. The van der Waals surface area contributed by atoms with E-state index in [0.717, 1.165) is 16.4 Å². The molecule has 0 unspecified atom stereocenters. The quantitative estimate of drug-likeness (QED) is 0.673. The van der Waals surface area contributed by atoms with Gasteiger partial charge in [0.05, 0.1) is 5.75 Å². The van der Waals surface area contributed by atoms with Crippen LogP contribution in [0.4, 0.5) is 5.69 Å². The van der Waals surface area contributed by atoms with Gasteiger partial charge in [0.15, 0.2) is 0 Å². The lowest BCUT2D eigenvalue weighted by molar-refractivity contribution is 1.03. The number of nitrogens with two attached hydrogens (primary N) is 1. The Balaban J connectivity index is 2.08. The molecule has 0 saturated heterocycles. The second-order valence-electron chi connectivity index (χ2n) is 3.14. The Morgan fingerprint density at radius 2 is 2.00 bits per heavy atom. The highest BCUT2D eigenvalue weighted by molar-refractivity contribution is 7.98. The minimum absolute atomic E-state index is 0.686. The van der Waals surface area contributed by atoms with E-state index in [9.17, 15) is 0 Å². The van der Waals surface area contributed by atoms with E-state index >= 15 is 0 Å². The van der Waals surface area contributed by atoms with Crippen molar-refractivity contribution in [1.82, 2.24) is 9.97 Å². The highest BCUT2D eigenvalue weighted by atomic mass is 35.5. The predicted molar refractivity (Wildman–Crippen MR) is 67.5 cm³/mol. The third-order valence-electron chi connectivity index (χ3n) is 1.95. The maximum absolute atomic E-state index is 5.90. The summed E-state index contributed by atoms with van der Waals surface area (Å²) in [6.07, 6.45) is 3.45. The minimum Gasteiger partial charge on any atom is -0.398 e. The van der Waals surface area contributed by atoms with Crippen molar-refractivity contribution in [2.75, 3.05) is 5.73 Å². The third kappa shape index (κ3) is 2.87. The fourth-order valence-corrected chi connectivity index (χ4v) is 2.30. The molecule has 3 nitrogen and oxygen atoms in total. The molecule has 1 heterocycles. The summed E-state index contributed by atoms with van der Waals surface area (Å²) < 4.78 is 0. The van der Waals surface area contributed by atoms with E-state index in [-0.39, 0.29) is 0 Å². The minimum atomic E-state index is 0.686. The van der Waals surface area contributed by atoms with Crippen LogP contribution in [0.3, 0.4) is 0 Å². The largest absolute Gasteiger partial charge is 0.398 e. The molecule has 0 fully saturated rings. The van der Waals surface area contributed by atoms with Crippen LogP contribution in [-0.4, -0.2) is 9.97 Å². The summed E-state index contributed by atoms with van der Waals surface area (Å²) >= 11 is 7.48. The van der Waals surface area contributed by atoms with E-state index in [1.807, 2.05) is 6.07 Å². The smallest absolute Gasteiger partial charge is 0.138 e. The Bertz CT molecular complexity index is 476. The number of hydrogen-bond donors (Lipinski definition) is 1. The monoisotopic (exact) mass is 251 g/mol.